The molecule has 0 saturated heterocycles. The highest BCUT2D eigenvalue weighted by Crippen LogP contribution is 2.29. The Morgan fingerprint density at radius 3 is 2.50 bits per heavy atom. The van der Waals surface area contributed by atoms with Gasteiger partial charge in [-0.05, 0) is 69.3 Å². The van der Waals surface area contributed by atoms with E-state index >= 15 is 0 Å². The number of aryl methyl sites for hydroxylation is 1. The molecule has 0 bridgehead atoms. The van der Waals surface area contributed by atoms with Crippen LogP contribution in [0, 0.1) is 18.3 Å². The van der Waals surface area contributed by atoms with E-state index in [4.69, 9.17) is 11.6 Å². The Labute approximate surface area is 205 Å². The highest BCUT2D eigenvalue weighted by atomic mass is 35.5. The minimum atomic E-state index is -0.498. The number of carbonyl (C=O) groups is 2. The van der Waals surface area contributed by atoms with Crippen molar-refractivity contribution < 1.29 is 9.59 Å². The van der Waals surface area contributed by atoms with E-state index < -0.39 is 5.91 Å². The van der Waals surface area contributed by atoms with Crippen LogP contribution in [0.1, 0.15) is 54.2 Å². The molecule has 2 rings (SSSR count). The van der Waals surface area contributed by atoms with Gasteiger partial charge in [-0.3, -0.25) is 14.6 Å². The second-order valence-corrected chi connectivity index (χ2v) is 8.05. The van der Waals surface area contributed by atoms with E-state index in [-0.39, 0.29) is 17.2 Å². The van der Waals surface area contributed by atoms with Crippen LogP contribution in [0.25, 0.3) is 5.57 Å². The van der Waals surface area contributed by atoms with E-state index in [2.05, 4.69) is 27.3 Å². The van der Waals surface area contributed by atoms with Crippen molar-refractivity contribution in [2.45, 2.75) is 34.1 Å². The Kier molecular flexibility index (Phi) is 9.72. The summed E-state index contributed by atoms with van der Waals surface area (Å²) in [6.07, 6.45) is 0.538. The number of nitrogens with one attached hydrogen (secondary N) is 2. The molecule has 2 aromatic carbocycles. The van der Waals surface area contributed by atoms with Crippen molar-refractivity contribution in [2.24, 2.45) is 9.98 Å². The van der Waals surface area contributed by atoms with Gasteiger partial charge in [0.15, 0.2) is 0 Å². The normalized spacial score (nSPS) is 11.8. The Balaban J connectivity index is 2.63. The van der Waals surface area contributed by atoms with Gasteiger partial charge in [-0.1, -0.05) is 29.8 Å². The van der Waals surface area contributed by atoms with Crippen LogP contribution in [-0.2, 0) is 4.79 Å². The highest BCUT2D eigenvalue weighted by molar-refractivity contribution is 6.32. The van der Waals surface area contributed by atoms with E-state index in [1.807, 2.05) is 31.2 Å². The molecule has 2 aromatic rings. The number of rotatable bonds is 9. The van der Waals surface area contributed by atoms with Gasteiger partial charge < -0.3 is 15.6 Å². The van der Waals surface area contributed by atoms with Gasteiger partial charge in [-0.25, -0.2) is 0 Å². The summed E-state index contributed by atoms with van der Waals surface area (Å²) in [6.45, 7) is 11.5. The lowest BCUT2D eigenvalue weighted by molar-refractivity contribution is -0.112. The molecular weight excluding hydrogens is 450 g/mol. The van der Waals surface area contributed by atoms with Gasteiger partial charge >= 0.3 is 0 Å². The first-order valence-electron chi connectivity index (χ1n) is 10.8. The number of hydrogen-bond donors (Lipinski definition) is 2. The van der Waals surface area contributed by atoms with E-state index in [1.54, 1.807) is 32.9 Å². The Morgan fingerprint density at radius 1 is 1.18 bits per heavy atom. The van der Waals surface area contributed by atoms with Gasteiger partial charge in [0.1, 0.15) is 5.70 Å². The van der Waals surface area contributed by atoms with Gasteiger partial charge in [0.05, 0.1) is 22.9 Å². The average Bonchev–Trinajstić information content (AvgIpc) is 2.82. The molecule has 0 radical (unpaired) electrons. The van der Waals surface area contributed by atoms with Crippen molar-refractivity contribution in [3.63, 3.8) is 0 Å². The van der Waals surface area contributed by atoms with Crippen molar-refractivity contribution in [3.05, 3.63) is 69.4 Å². The first-order valence-corrected chi connectivity index (χ1v) is 11.2. The second-order valence-electron chi connectivity index (χ2n) is 7.64. The topological polar surface area (TPSA) is 107 Å². The summed E-state index contributed by atoms with van der Waals surface area (Å²) in [6, 6.07) is 12.3. The van der Waals surface area contributed by atoms with Gasteiger partial charge in [0.25, 0.3) is 11.8 Å². The molecule has 34 heavy (non-hydrogen) atoms. The molecular formula is C26H28ClN5O2. The molecule has 8 heteroatoms. The van der Waals surface area contributed by atoms with Crippen molar-refractivity contribution in [3.8, 4) is 6.07 Å². The van der Waals surface area contributed by atoms with Crippen LogP contribution < -0.4 is 10.6 Å². The maximum atomic E-state index is 13.5. The Hall–Kier alpha value is -3.76. The third-order valence-electron chi connectivity index (χ3n) is 5.07. The molecule has 0 fully saturated rings. The zero-order chi connectivity index (χ0) is 25.3. The lowest BCUT2D eigenvalue weighted by atomic mass is 10.0. The molecule has 0 spiro atoms. The zero-order valence-electron chi connectivity index (χ0n) is 19.8. The molecule has 0 atom stereocenters. The Bertz CT molecular complexity index is 1210. The number of allylic oxidation sites excluding steroid dienone is 1. The van der Waals surface area contributed by atoms with E-state index in [0.29, 0.717) is 58.2 Å². The average molecular weight is 478 g/mol. The fourth-order valence-corrected chi connectivity index (χ4v) is 3.59. The number of benzene rings is 2. The number of carbonyl (C=O) groups excluding carboxylic acids is 2. The van der Waals surface area contributed by atoms with Crippen molar-refractivity contribution in [2.75, 3.05) is 18.4 Å². The number of anilines is 1. The maximum absolute atomic E-state index is 13.5. The fourth-order valence-electron chi connectivity index (χ4n) is 3.31. The molecule has 176 valence electrons. The molecule has 0 aliphatic carbocycles. The number of halogens is 1. The molecule has 2 amide bonds. The lowest BCUT2D eigenvalue weighted by Crippen LogP contribution is -2.26. The van der Waals surface area contributed by atoms with Crippen LogP contribution in [0.5, 0.6) is 0 Å². The van der Waals surface area contributed by atoms with Crippen LogP contribution in [-0.4, -0.2) is 37.3 Å². The molecule has 0 aromatic heterocycles. The van der Waals surface area contributed by atoms with Crippen LogP contribution in [0.2, 0.25) is 5.02 Å². The zero-order valence-corrected chi connectivity index (χ0v) is 20.6. The van der Waals surface area contributed by atoms with E-state index in [1.165, 1.54) is 6.07 Å². The SMILES string of the molecule is C=NCC/C(C)=N/C(C(=O)Nc1c(C)cc(C#N)cc1C(=O)NCC)=C(\C)c1ccccc1Cl. The highest BCUT2D eigenvalue weighted by Gasteiger charge is 2.21. The van der Waals surface area contributed by atoms with Gasteiger partial charge in [-0.15, -0.1) is 0 Å². The van der Waals surface area contributed by atoms with Gasteiger partial charge in [-0.2, -0.15) is 5.26 Å². The largest absolute Gasteiger partial charge is 0.352 e. The minimum absolute atomic E-state index is 0.167. The van der Waals surface area contributed by atoms with Crippen molar-refractivity contribution in [1.29, 1.82) is 5.26 Å². The number of hydrogen-bond acceptors (Lipinski definition) is 5. The maximum Gasteiger partial charge on any atom is 0.274 e. The first kappa shape index (κ1) is 26.5. The number of nitrogens with zero attached hydrogens (tertiary/aromatic N) is 3. The molecule has 0 heterocycles. The van der Waals surface area contributed by atoms with Crippen LogP contribution in [0.15, 0.2) is 52.1 Å². The summed E-state index contributed by atoms with van der Waals surface area (Å²) in [5.74, 6) is -0.884. The standard InChI is InChI=1S/C26H28ClN5O2/c1-6-30-25(33)21-14-19(15-28)13-16(2)23(21)32-26(34)24(31-17(3)11-12-29-5)18(4)20-9-7-8-10-22(20)27/h7-10,13-14H,5-6,11-12H2,1-4H3,(H,30,33)(H,32,34)/b24-18+,31-17+. The van der Waals surface area contributed by atoms with E-state index in [0.717, 1.165) is 0 Å². The number of nitriles is 1. The third-order valence-corrected chi connectivity index (χ3v) is 5.40. The summed E-state index contributed by atoms with van der Waals surface area (Å²) in [7, 11) is 0. The summed E-state index contributed by atoms with van der Waals surface area (Å²) in [4.78, 5) is 34.7. The summed E-state index contributed by atoms with van der Waals surface area (Å²) in [5, 5.41) is 15.4. The molecule has 0 unspecified atom stereocenters. The minimum Gasteiger partial charge on any atom is -0.352 e. The van der Waals surface area contributed by atoms with Crippen molar-refractivity contribution in [1.82, 2.24) is 5.32 Å². The van der Waals surface area contributed by atoms with Crippen LogP contribution in [0.3, 0.4) is 0 Å². The molecule has 7 nitrogen and oxygen atoms in total. The predicted molar refractivity (Wildman–Crippen MR) is 139 cm³/mol. The summed E-state index contributed by atoms with van der Waals surface area (Å²) >= 11 is 6.39. The second kappa shape index (κ2) is 12.5. The monoisotopic (exact) mass is 477 g/mol. The van der Waals surface area contributed by atoms with E-state index in [9.17, 15) is 14.9 Å². The van der Waals surface area contributed by atoms with Crippen LogP contribution >= 0.6 is 11.6 Å². The molecule has 0 aliphatic rings. The fraction of sp³-hybridized carbons (Fsp3) is 0.269. The van der Waals surface area contributed by atoms with Crippen LogP contribution in [0.4, 0.5) is 5.69 Å². The third kappa shape index (κ3) is 6.63. The smallest absolute Gasteiger partial charge is 0.274 e. The lowest BCUT2D eigenvalue weighted by Gasteiger charge is -2.16. The predicted octanol–water partition coefficient (Wildman–Crippen LogP) is 5.19. The van der Waals surface area contributed by atoms with Gasteiger partial charge in [0.2, 0.25) is 0 Å². The first-order chi connectivity index (χ1) is 16.2. The summed E-state index contributed by atoms with van der Waals surface area (Å²) < 4.78 is 0. The molecule has 0 saturated carbocycles. The Morgan fingerprint density at radius 2 is 1.88 bits per heavy atom. The van der Waals surface area contributed by atoms with Gasteiger partial charge in [0, 0.05) is 30.2 Å². The summed E-state index contributed by atoms with van der Waals surface area (Å²) in [5.41, 5.74) is 3.56. The molecule has 2 N–H and O–H groups in total. The molecule has 0 aliphatic heterocycles. The number of aliphatic imine (C=N–C) groups is 2. The number of amides is 2. The van der Waals surface area contributed by atoms with Crippen molar-refractivity contribution >= 4 is 47.1 Å². The quantitative estimate of drug-likeness (QED) is 0.383.